The van der Waals surface area contributed by atoms with Gasteiger partial charge in [-0.2, -0.15) is 0 Å². The van der Waals surface area contributed by atoms with Crippen molar-refractivity contribution >= 4 is 21.4 Å². The van der Waals surface area contributed by atoms with Gasteiger partial charge in [0.05, 0.1) is 6.54 Å². The van der Waals surface area contributed by atoms with Gasteiger partial charge in [0.1, 0.15) is 4.21 Å². The highest BCUT2D eigenvalue weighted by Gasteiger charge is 2.18. The summed E-state index contributed by atoms with van der Waals surface area (Å²) in [5, 5.41) is 3.05. The molecule has 1 aromatic rings. The van der Waals surface area contributed by atoms with Gasteiger partial charge in [-0.3, -0.25) is 0 Å². The number of nitrogens with one attached hydrogen (secondary N) is 2. The third kappa shape index (κ3) is 4.66. The molecule has 1 rings (SSSR count). The van der Waals surface area contributed by atoms with Gasteiger partial charge in [0, 0.05) is 11.4 Å². The van der Waals surface area contributed by atoms with E-state index in [-0.39, 0.29) is 4.21 Å². The Balaban J connectivity index is 2.68. The van der Waals surface area contributed by atoms with Crippen LogP contribution in [0.25, 0.3) is 0 Å². The highest BCUT2D eigenvalue weighted by Crippen LogP contribution is 2.21. The van der Waals surface area contributed by atoms with Crippen LogP contribution in [0.5, 0.6) is 0 Å². The van der Waals surface area contributed by atoms with E-state index in [2.05, 4.69) is 5.32 Å². The van der Waals surface area contributed by atoms with Gasteiger partial charge >= 0.3 is 0 Å². The first kappa shape index (κ1) is 14.5. The molecule has 0 aromatic carbocycles. The van der Waals surface area contributed by atoms with Gasteiger partial charge in [-0.05, 0) is 18.7 Å². The maximum Gasteiger partial charge on any atom is 0.251 e. The summed E-state index contributed by atoms with van der Waals surface area (Å²) in [5.74, 6) is 0. The van der Waals surface area contributed by atoms with Crippen molar-refractivity contribution in [2.45, 2.75) is 24.1 Å². The van der Waals surface area contributed by atoms with E-state index in [1.807, 2.05) is 11.6 Å². The van der Waals surface area contributed by atoms with Gasteiger partial charge in [0.2, 0.25) is 10.0 Å². The SMILES string of the molecule is CCNCc1ccc(S(=O)(=O)NCC(F)F)s1. The average Bonchev–Trinajstić information content (AvgIpc) is 2.73. The largest absolute Gasteiger partial charge is 0.312 e. The number of hydrogen-bond acceptors (Lipinski definition) is 4. The Hall–Kier alpha value is -0.570. The summed E-state index contributed by atoms with van der Waals surface area (Å²) in [4.78, 5) is 0.851. The van der Waals surface area contributed by atoms with Crippen molar-refractivity contribution in [2.75, 3.05) is 13.1 Å². The van der Waals surface area contributed by atoms with Crippen molar-refractivity contribution in [3.05, 3.63) is 17.0 Å². The van der Waals surface area contributed by atoms with Crippen LogP contribution in [0.4, 0.5) is 8.78 Å². The van der Waals surface area contributed by atoms with Gasteiger partial charge in [-0.1, -0.05) is 6.92 Å². The van der Waals surface area contributed by atoms with E-state index in [0.717, 1.165) is 22.8 Å². The number of halogens is 2. The lowest BCUT2D eigenvalue weighted by Gasteiger charge is -2.03. The topological polar surface area (TPSA) is 58.2 Å². The molecule has 0 unspecified atom stereocenters. The molecular formula is C9H14F2N2O2S2. The average molecular weight is 284 g/mol. The van der Waals surface area contributed by atoms with Crippen LogP contribution < -0.4 is 10.0 Å². The summed E-state index contributed by atoms with van der Waals surface area (Å²) < 4.78 is 48.9. The van der Waals surface area contributed by atoms with Crippen LogP contribution in [-0.2, 0) is 16.6 Å². The van der Waals surface area contributed by atoms with E-state index in [1.54, 1.807) is 6.07 Å². The molecule has 0 amide bonds. The highest BCUT2D eigenvalue weighted by atomic mass is 32.2. The van der Waals surface area contributed by atoms with Crippen molar-refractivity contribution in [1.29, 1.82) is 0 Å². The summed E-state index contributed by atoms with van der Waals surface area (Å²) in [6, 6.07) is 3.09. The third-order valence-corrected chi connectivity index (χ3v) is 4.88. The van der Waals surface area contributed by atoms with Gasteiger partial charge in [-0.25, -0.2) is 21.9 Å². The van der Waals surface area contributed by atoms with Crippen molar-refractivity contribution in [3.8, 4) is 0 Å². The zero-order valence-electron chi connectivity index (χ0n) is 9.24. The van der Waals surface area contributed by atoms with Gasteiger partial charge in [-0.15, -0.1) is 11.3 Å². The molecule has 8 heteroatoms. The fourth-order valence-corrected chi connectivity index (χ4v) is 3.47. The van der Waals surface area contributed by atoms with Crippen molar-refractivity contribution in [2.24, 2.45) is 0 Å². The molecule has 0 spiro atoms. The number of thiophene rings is 1. The first-order valence-electron chi connectivity index (χ1n) is 5.03. The molecule has 0 aliphatic carbocycles. The minimum Gasteiger partial charge on any atom is -0.312 e. The van der Waals surface area contributed by atoms with E-state index in [4.69, 9.17) is 0 Å². The van der Waals surface area contributed by atoms with E-state index in [0.29, 0.717) is 6.54 Å². The van der Waals surface area contributed by atoms with Crippen LogP contribution in [0.1, 0.15) is 11.8 Å². The second-order valence-corrected chi connectivity index (χ2v) is 6.41. The van der Waals surface area contributed by atoms with E-state index >= 15 is 0 Å². The molecule has 2 N–H and O–H groups in total. The Bertz CT molecular complexity index is 446. The molecule has 1 heterocycles. The van der Waals surface area contributed by atoms with Gasteiger partial charge in [0.25, 0.3) is 6.43 Å². The summed E-state index contributed by atoms with van der Waals surface area (Å²) in [6.07, 6.45) is -2.69. The smallest absolute Gasteiger partial charge is 0.251 e. The van der Waals surface area contributed by atoms with Gasteiger partial charge in [0.15, 0.2) is 0 Å². The molecule has 17 heavy (non-hydrogen) atoms. The first-order valence-corrected chi connectivity index (χ1v) is 7.33. The number of rotatable bonds is 7. The lowest BCUT2D eigenvalue weighted by atomic mass is 10.4. The summed E-state index contributed by atoms with van der Waals surface area (Å²) in [6.45, 7) is 2.44. The zero-order valence-corrected chi connectivity index (χ0v) is 10.9. The predicted molar refractivity (Wildman–Crippen MR) is 62.9 cm³/mol. The second kappa shape index (κ2) is 6.39. The molecule has 0 atom stereocenters. The summed E-state index contributed by atoms with van der Waals surface area (Å²) in [5.41, 5.74) is 0. The fraction of sp³-hybridized carbons (Fsp3) is 0.556. The molecule has 0 aliphatic rings. The van der Waals surface area contributed by atoms with Crippen LogP contribution >= 0.6 is 11.3 Å². The highest BCUT2D eigenvalue weighted by molar-refractivity contribution is 7.91. The molecule has 4 nitrogen and oxygen atoms in total. The van der Waals surface area contributed by atoms with Crippen LogP contribution in [-0.4, -0.2) is 27.9 Å². The minimum atomic E-state index is -3.80. The second-order valence-electron chi connectivity index (χ2n) is 3.24. The summed E-state index contributed by atoms with van der Waals surface area (Å²) in [7, 11) is -3.80. The lowest BCUT2D eigenvalue weighted by molar-refractivity contribution is 0.153. The Kier molecular flexibility index (Phi) is 5.44. The molecule has 0 aliphatic heterocycles. The van der Waals surface area contributed by atoms with E-state index in [1.165, 1.54) is 6.07 Å². The van der Waals surface area contributed by atoms with E-state index in [9.17, 15) is 17.2 Å². The Morgan fingerprint density at radius 1 is 1.41 bits per heavy atom. The minimum absolute atomic E-state index is 0.0612. The van der Waals surface area contributed by atoms with E-state index < -0.39 is 23.0 Å². The monoisotopic (exact) mass is 284 g/mol. The number of alkyl halides is 2. The maximum atomic E-state index is 11.9. The van der Waals surface area contributed by atoms with Crippen molar-refractivity contribution in [1.82, 2.24) is 10.0 Å². The first-order chi connectivity index (χ1) is 7.95. The molecular weight excluding hydrogens is 270 g/mol. The summed E-state index contributed by atoms with van der Waals surface area (Å²) >= 11 is 1.07. The Labute approximate surface area is 103 Å². The molecule has 0 radical (unpaired) electrons. The van der Waals surface area contributed by atoms with Crippen molar-refractivity contribution < 1.29 is 17.2 Å². The molecule has 0 bridgehead atoms. The van der Waals surface area contributed by atoms with Crippen LogP contribution in [0.3, 0.4) is 0 Å². The predicted octanol–water partition coefficient (Wildman–Crippen LogP) is 1.40. The van der Waals surface area contributed by atoms with Crippen molar-refractivity contribution in [3.63, 3.8) is 0 Å². The molecule has 0 saturated heterocycles. The molecule has 98 valence electrons. The molecule has 0 fully saturated rings. The Morgan fingerprint density at radius 2 is 2.12 bits per heavy atom. The molecule has 1 aromatic heterocycles. The fourth-order valence-electron chi connectivity index (χ4n) is 1.09. The standard InChI is InChI=1S/C9H14F2N2O2S2/c1-2-12-5-7-3-4-9(16-7)17(14,15)13-6-8(10)11/h3-4,8,12-13H,2,5-6H2,1H3. The van der Waals surface area contributed by atoms with Crippen LogP contribution in [0.2, 0.25) is 0 Å². The third-order valence-electron chi connectivity index (χ3n) is 1.88. The number of sulfonamides is 1. The lowest BCUT2D eigenvalue weighted by Crippen LogP contribution is -2.28. The number of hydrogen-bond donors (Lipinski definition) is 2. The normalized spacial score (nSPS) is 12.2. The van der Waals surface area contributed by atoms with Gasteiger partial charge < -0.3 is 5.32 Å². The molecule has 0 saturated carbocycles. The zero-order chi connectivity index (χ0) is 12.9. The maximum absolute atomic E-state index is 11.9. The quantitative estimate of drug-likeness (QED) is 0.796. The van der Waals surface area contributed by atoms with Crippen LogP contribution in [0, 0.1) is 0 Å². The van der Waals surface area contributed by atoms with Crippen LogP contribution in [0.15, 0.2) is 16.3 Å². The Morgan fingerprint density at radius 3 is 2.71 bits per heavy atom.